The number of urea groups is 1. The number of nitrogens with one attached hydrogen (secondary N) is 2. The van der Waals surface area contributed by atoms with Crippen LogP contribution in [0.4, 0.5) is 16.3 Å². The highest BCUT2D eigenvalue weighted by atomic mass is 16.5. The normalized spacial score (nSPS) is 11.5. The fourth-order valence-electron chi connectivity index (χ4n) is 1.93. The lowest BCUT2D eigenvalue weighted by Gasteiger charge is -2.12. The monoisotopic (exact) mass is 327 g/mol. The molecule has 0 radical (unpaired) electrons. The molecule has 0 spiro atoms. The molecular formula is C18H21N3O3. The Balaban J connectivity index is 1.97. The van der Waals surface area contributed by atoms with E-state index in [4.69, 9.17) is 4.52 Å². The molecular weight excluding hydrogens is 306 g/mol. The van der Waals surface area contributed by atoms with Crippen LogP contribution in [0, 0.1) is 0 Å². The van der Waals surface area contributed by atoms with Crippen molar-refractivity contribution in [2.45, 2.75) is 33.1 Å². The molecule has 2 amide bonds. The first kappa shape index (κ1) is 17.5. The largest absolute Gasteiger partial charge is 0.359 e. The van der Waals surface area contributed by atoms with E-state index in [9.17, 15) is 9.59 Å². The number of ketones is 1. The molecule has 0 fully saturated rings. The molecule has 0 aliphatic heterocycles. The number of hydrogen-bond acceptors (Lipinski definition) is 4. The van der Waals surface area contributed by atoms with Crippen molar-refractivity contribution in [2.75, 3.05) is 10.6 Å². The van der Waals surface area contributed by atoms with Gasteiger partial charge >= 0.3 is 6.03 Å². The second-order valence-corrected chi connectivity index (χ2v) is 6.35. The highest BCUT2D eigenvalue weighted by molar-refractivity contribution is 6.05. The second-order valence-electron chi connectivity index (χ2n) is 6.35. The number of aromatic nitrogens is 1. The average Bonchev–Trinajstić information content (AvgIpc) is 2.96. The molecule has 1 heterocycles. The molecule has 24 heavy (non-hydrogen) atoms. The minimum Gasteiger partial charge on any atom is -0.359 e. The first-order valence-corrected chi connectivity index (χ1v) is 7.62. The maximum atomic E-state index is 12.0. The van der Waals surface area contributed by atoms with Crippen LogP contribution in [0.2, 0.25) is 0 Å². The Labute approximate surface area is 140 Å². The van der Waals surface area contributed by atoms with Crippen molar-refractivity contribution in [3.8, 4) is 0 Å². The van der Waals surface area contributed by atoms with Gasteiger partial charge in [-0.1, -0.05) is 32.0 Å². The Morgan fingerprint density at radius 2 is 1.79 bits per heavy atom. The summed E-state index contributed by atoms with van der Waals surface area (Å²) in [7, 11) is 0. The summed E-state index contributed by atoms with van der Waals surface area (Å²) < 4.78 is 5.21. The molecule has 0 saturated heterocycles. The molecule has 1 aromatic carbocycles. The van der Waals surface area contributed by atoms with Crippen molar-refractivity contribution in [2.24, 2.45) is 0 Å². The number of anilines is 2. The Bertz CT molecular complexity index is 753. The predicted octanol–water partition coefficient (Wildman–Crippen LogP) is 4.37. The van der Waals surface area contributed by atoms with Gasteiger partial charge in [-0.05, 0) is 37.3 Å². The molecule has 0 aliphatic carbocycles. The number of nitrogens with zero attached hydrogens (tertiary/aromatic N) is 1. The van der Waals surface area contributed by atoms with Crippen LogP contribution in [-0.4, -0.2) is 17.0 Å². The minimum atomic E-state index is -0.434. The van der Waals surface area contributed by atoms with Gasteiger partial charge in [-0.2, -0.15) is 0 Å². The molecule has 2 rings (SSSR count). The Morgan fingerprint density at radius 3 is 2.33 bits per heavy atom. The standard InChI is InChI=1S/C18H21N3O3/c1-5-6-14(22)12-7-9-13(10-8-12)19-17(23)20-16-11-15(24-21-16)18(2,3)4/h5-11H,1-4H3,(H2,19,20,21,23)/b6-5+. The first-order valence-electron chi connectivity index (χ1n) is 7.62. The fourth-order valence-corrected chi connectivity index (χ4v) is 1.93. The number of carbonyl (C=O) groups is 2. The summed E-state index contributed by atoms with van der Waals surface area (Å²) >= 11 is 0. The summed E-state index contributed by atoms with van der Waals surface area (Å²) in [5, 5.41) is 9.11. The molecule has 2 N–H and O–H groups in total. The molecule has 1 aromatic heterocycles. The van der Waals surface area contributed by atoms with Crippen LogP contribution in [0.15, 0.2) is 47.0 Å². The van der Waals surface area contributed by atoms with E-state index >= 15 is 0 Å². The summed E-state index contributed by atoms with van der Waals surface area (Å²) in [6.45, 7) is 7.77. The van der Waals surface area contributed by atoms with Crippen LogP contribution in [0.5, 0.6) is 0 Å². The van der Waals surface area contributed by atoms with Crippen molar-refractivity contribution in [1.82, 2.24) is 5.16 Å². The predicted molar refractivity (Wildman–Crippen MR) is 93.4 cm³/mol. The van der Waals surface area contributed by atoms with E-state index in [2.05, 4.69) is 15.8 Å². The van der Waals surface area contributed by atoms with Crippen LogP contribution in [0.25, 0.3) is 0 Å². The number of hydrogen-bond donors (Lipinski definition) is 2. The molecule has 2 aromatic rings. The van der Waals surface area contributed by atoms with Gasteiger partial charge in [0.05, 0.1) is 0 Å². The maximum Gasteiger partial charge on any atom is 0.324 e. The van der Waals surface area contributed by atoms with Gasteiger partial charge < -0.3 is 9.84 Å². The quantitative estimate of drug-likeness (QED) is 0.645. The van der Waals surface area contributed by atoms with Crippen molar-refractivity contribution in [3.63, 3.8) is 0 Å². The molecule has 0 unspecified atom stereocenters. The summed E-state index contributed by atoms with van der Waals surface area (Å²) in [4.78, 5) is 23.7. The molecule has 0 aliphatic rings. The van der Waals surface area contributed by atoms with Gasteiger partial charge in [0, 0.05) is 22.7 Å². The van der Waals surface area contributed by atoms with Crippen molar-refractivity contribution >= 4 is 23.3 Å². The lowest BCUT2D eigenvalue weighted by Crippen LogP contribution is -2.19. The zero-order valence-electron chi connectivity index (χ0n) is 14.2. The third-order valence-corrected chi connectivity index (χ3v) is 3.24. The summed E-state index contributed by atoms with van der Waals surface area (Å²) in [5.41, 5.74) is 0.952. The lowest BCUT2D eigenvalue weighted by molar-refractivity contribution is 0.104. The van der Waals surface area contributed by atoms with Gasteiger partial charge in [0.2, 0.25) is 0 Å². The maximum absolute atomic E-state index is 12.0. The van der Waals surface area contributed by atoms with E-state index in [0.717, 1.165) is 0 Å². The van der Waals surface area contributed by atoms with Crippen LogP contribution in [0.3, 0.4) is 0 Å². The number of benzene rings is 1. The topological polar surface area (TPSA) is 84.2 Å². The first-order chi connectivity index (χ1) is 11.3. The van der Waals surface area contributed by atoms with Gasteiger partial charge in [0.15, 0.2) is 11.6 Å². The highest BCUT2D eigenvalue weighted by Gasteiger charge is 2.20. The third-order valence-electron chi connectivity index (χ3n) is 3.24. The van der Waals surface area contributed by atoms with E-state index in [1.54, 1.807) is 43.3 Å². The van der Waals surface area contributed by atoms with Gasteiger partial charge in [-0.3, -0.25) is 10.1 Å². The summed E-state index contributed by atoms with van der Waals surface area (Å²) in [6.07, 6.45) is 3.18. The average molecular weight is 327 g/mol. The van der Waals surface area contributed by atoms with Crippen molar-refractivity contribution in [1.29, 1.82) is 0 Å². The molecule has 0 bridgehead atoms. The molecule has 0 atom stereocenters. The SMILES string of the molecule is C/C=C/C(=O)c1ccc(NC(=O)Nc2cc(C(C)(C)C)on2)cc1. The van der Waals surface area contributed by atoms with E-state index < -0.39 is 6.03 Å². The zero-order valence-corrected chi connectivity index (χ0v) is 14.2. The molecule has 0 saturated carbocycles. The number of carbonyl (C=O) groups excluding carboxylic acids is 2. The van der Waals surface area contributed by atoms with Gasteiger partial charge in [0.1, 0.15) is 5.76 Å². The van der Waals surface area contributed by atoms with Crippen LogP contribution in [-0.2, 0) is 5.41 Å². The smallest absolute Gasteiger partial charge is 0.324 e. The van der Waals surface area contributed by atoms with Crippen molar-refractivity contribution < 1.29 is 14.1 Å². The van der Waals surface area contributed by atoms with Gasteiger partial charge in [-0.25, -0.2) is 4.79 Å². The number of allylic oxidation sites excluding steroid dienone is 2. The minimum absolute atomic E-state index is 0.0780. The highest BCUT2D eigenvalue weighted by Crippen LogP contribution is 2.24. The summed E-state index contributed by atoms with van der Waals surface area (Å²) in [5.74, 6) is 0.952. The number of rotatable bonds is 4. The Morgan fingerprint density at radius 1 is 1.12 bits per heavy atom. The Kier molecular flexibility index (Phi) is 5.18. The second kappa shape index (κ2) is 7.12. The zero-order chi connectivity index (χ0) is 17.7. The lowest BCUT2D eigenvalue weighted by atomic mass is 9.93. The van der Waals surface area contributed by atoms with E-state index in [1.807, 2.05) is 20.8 Å². The molecule has 6 heteroatoms. The van der Waals surface area contributed by atoms with Crippen LogP contribution < -0.4 is 10.6 Å². The van der Waals surface area contributed by atoms with E-state index in [1.165, 1.54) is 6.08 Å². The van der Waals surface area contributed by atoms with Crippen molar-refractivity contribution in [3.05, 3.63) is 53.8 Å². The molecule has 126 valence electrons. The van der Waals surface area contributed by atoms with Crippen LogP contribution >= 0.6 is 0 Å². The number of amides is 2. The van der Waals surface area contributed by atoms with Gasteiger partial charge in [-0.15, -0.1) is 0 Å². The third kappa shape index (κ3) is 4.55. The van der Waals surface area contributed by atoms with Gasteiger partial charge in [0.25, 0.3) is 0 Å². The van der Waals surface area contributed by atoms with E-state index in [0.29, 0.717) is 22.8 Å². The van der Waals surface area contributed by atoms with Crippen LogP contribution in [0.1, 0.15) is 43.8 Å². The fraction of sp³-hybridized carbons (Fsp3) is 0.278. The molecule has 6 nitrogen and oxygen atoms in total. The van der Waals surface area contributed by atoms with E-state index in [-0.39, 0.29) is 11.2 Å². The summed E-state index contributed by atoms with van der Waals surface area (Å²) in [6, 6.07) is 7.91. The Hall–Kier alpha value is -2.89.